The third kappa shape index (κ3) is 5.13. The Hall–Kier alpha value is -3.24. The van der Waals surface area contributed by atoms with E-state index in [1.807, 2.05) is 19.1 Å². The molecule has 0 aliphatic carbocycles. The van der Waals surface area contributed by atoms with Crippen LogP contribution in [0.3, 0.4) is 0 Å². The Morgan fingerprint density at radius 1 is 0.838 bits per heavy atom. The van der Waals surface area contributed by atoms with Crippen molar-refractivity contribution in [1.29, 1.82) is 0 Å². The van der Waals surface area contributed by atoms with Crippen LogP contribution in [0, 0.1) is 31.3 Å². The number of methoxy groups -OCH3 is 3. The van der Waals surface area contributed by atoms with Crippen molar-refractivity contribution >= 4 is 0 Å². The van der Waals surface area contributed by atoms with Crippen LogP contribution < -0.4 is 14.2 Å². The van der Waals surface area contributed by atoms with Crippen molar-refractivity contribution in [3.05, 3.63) is 58.2 Å². The zero-order valence-electron chi connectivity index (χ0n) is 22.1. The normalized spacial score (nSPS) is 14.7. The van der Waals surface area contributed by atoms with E-state index >= 15 is 0 Å². The highest BCUT2D eigenvalue weighted by Crippen LogP contribution is 2.40. The molecule has 1 saturated heterocycles. The number of ether oxygens (including phenoxy) is 3. The predicted octanol–water partition coefficient (Wildman–Crippen LogP) is 4.46. The van der Waals surface area contributed by atoms with Crippen LogP contribution in [-0.4, -0.2) is 66.9 Å². The minimum atomic E-state index is -1.18. The summed E-state index contributed by atoms with van der Waals surface area (Å²) < 4.78 is 61.2. The molecule has 0 amide bonds. The van der Waals surface area contributed by atoms with E-state index < -0.39 is 17.5 Å². The molecule has 0 N–H and O–H groups in total. The maximum absolute atomic E-state index is 14.6. The number of hydrogen-bond acceptors (Lipinski definition) is 6. The third-order valence-corrected chi connectivity index (χ3v) is 7.06. The maximum atomic E-state index is 14.6. The second-order valence-electron chi connectivity index (χ2n) is 9.23. The van der Waals surface area contributed by atoms with Gasteiger partial charge in [-0.2, -0.15) is 0 Å². The summed E-state index contributed by atoms with van der Waals surface area (Å²) in [5, 5.41) is 0. The largest absolute Gasteiger partial charge is 0.493 e. The Kier molecular flexibility index (Phi) is 7.99. The topological polar surface area (TPSA) is 52.0 Å². The predicted molar refractivity (Wildman–Crippen MR) is 135 cm³/mol. The number of aryl methyl sites for hydroxylation is 1. The zero-order valence-corrected chi connectivity index (χ0v) is 22.1. The summed E-state index contributed by atoms with van der Waals surface area (Å²) in [5.41, 5.74) is 2.09. The highest BCUT2D eigenvalue weighted by molar-refractivity contribution is 5.59. The SMILES string of the molecule is COc1ccc(CN2CCN(Cc3c(C)nc(-c4cc(F)c(C)c(F)c4F)n3C)CC2)c(OC)c1OC. The van der Waals surface area contributed by atoms with E-state index in [0.29, 0.717) is 36.0 Å². The lowest BCUT2D eigenvalue weighted by molar-refractivity contribution is 0.119. The monoisotopic (exact) mass is 518 g/mol. The number of imidazole rings is 1. The molecule has 0 spiro atoms. The fourth-order valence-corrected chi connectivity index (χ4v) is 4.82. The van der Waals surface area contributed by atoms with Crippen molar-refractivity contribution in [2.24, 2.45) is 7.05 Å². The summed E-state index contributed by atoms with van der Waals surface area (Å²) in [6, 6.07) is 4.88. The van der Waals surface area contributed by atoms with Crippen LogP contribution in [0.15, 0.2) is 18.2 Å². The van der Waals surface area contributed by atoms with Gasteiger partial charge in [0.25, 0.3) is 0 Å². The van der Waals surface area contributed by atoms with E-state index in [4.69, 9.17) is 14.2 Å². The van der Waals surface area contributed by atoms with Crippen LogP contribution >= 0.6 is 0 Å². The van der Waals surface area contributed by atoms with Gasteiger partial charge in [0.1, 0.15) is 11.6 Å². The molecule has 0 radical (unpaired) electrons. The molecule has 1 aliphatic rings. The Balaban J connectivity index is 1.45. The molecule has 0 bridgehead atoms. The maximum Gasteiger partial charge on any atom is 0.203 e. The number of halogens is 3. The van der Waals surface area contributed by atoms with E-state index in [9.17, 15) is 13.2 Å². The van der Waals surface area contributed by atoms with Crippen molar-refractivity contribution in [2.45, 2.75) is 26.9 Å². The minimum absolute atomic E-state index is 0.175. The van der Waals surface area contributed by atoms with Crippen molar-refractivity contribution in [2.75, 3.05) is 47.5 Å². The number of rotatable bonds is 8. The molecule has 1 aromatic heterocycles. The van der Waals surface area contributed by atoms with Crippen LogP contribution in [0.5, 0.6) is 17.2 Å². The van der Waals surface area contributed by atoms with E-state index in [-0.39, 0.29) is 17.0 Å². The quantitative estimate of drug-likeness (QED) is 0.411. The summed E-state index contributed by atoms with van der Waals surface area (Å²) in [4.78, 5) is 9.09. The summed E-state index contributed by atoms with van der Waals surface area (Å²) >= 11 is 0. The Morgan fingerprint density at radius 2 is 1.46 bits per heavy atom. The molecule has 37 heavy (non-hydrogen) atoms. The molecule has 0 atom stereocenters. The van der Waals surface area contributed by atoms with E-state index in [1.165, 1.54) is 6.92 Å². The number of aromatic nitrogens is 2. The molecule has 7 nitrogen and oxygen atoms in total. The smallest absolute Gasteiger partial charge is 0.203 e. The Morgan fingerprint density at radius 3 is 2.05 bits per heavy atom. The standard InChI is InChI=1S/C27H33F3N4O3/c1-16-20(28)13-19(24(30)23(16)29)27-31-17(2)21(32(27)3)15-34-11-9-33(10-12-34)14-18-7-8-22(35-4)26(37-6)25(18)36-5/h7-8,13H,9-12,14-15H2,1-6H3. The first kappa shape index (κ1) is 26.8. The molecule has 3 aromatic rings. The van der Waals surface area contributed by atoms with Gasteiger partial charge in [-0.3, -0.25) is 9.80 Å². The van der Waals surface area contributed by atoms with E-state index in [2.05, 4.69) is 14.8 Å². The number of benzene rings is 2. The third-order valence-electron chi connectivity index (χ3n) is 7.06. The van der Waals surface area contributed by atoms with Gasteiger partial charge in [-0.05, 0) is 26.0 Å². The van der Waals surface area contributed by atoms with Gasteiger partial charge in [0, 0.05) is 57.4 Å². The molecular weight excluding hydrogens is 485 g/mol. The number of hydrogen-bond donors (Lipinski definition) is 0. The first-order valence-electron chi connectivity index (χ1n) is 12.1. The minimum Gasteiger partial charge on any atom is -0.493 e. The first-order valence-corrected chi connectivity index (χ1v) is 12.1. The summed E-state index contributed by atoms with van der Waals surface area (Å²) in [6.07, 6.45) is 0. The average molecular weight is 519 g/mol. The molecule has 1 aliphatic heterocycles. The summed E-state index contributed by atoms with van der Waals surface area (Å²) in [5.74, 6) is -0.987. The van der Waals surface area contributed by atoms with Crippen LogP contribution in [0.1, 0.15) is 22.5 Å². The molecule has 10 heteroatoms. The molecule has 1 fully saturated rings. The zero-order chi connectivity index (χ0) is 26.9. The van der Waals surface area contributed by atoms with Crippen LogP contribution in [0.2, 0.25) is 0 Å². The van der Waals surface area contributed by atoms with Gasteiger partial charge >= 0.3 is 0 Å². The second kappa shape index (κ2) is 11.0. The summed E-state index contributed by atoms with van der Waals surface area (Å²) in [6.45, 7) is 7.66. The van der Waals surface area contributed by atoms with Gasteiger partial charge in [0.2, 0.25) is 5.75 Å². The Labute approximate surface area is 215 Å². The van der Waals surface area contributed by atoms with Gasteiger partial charge in [-0.25, -0.2) is 18.2 Å². The van der Waals surface area contributed by atoms with Gasteiger partial charge in [0.15, 0.2) is 23.1 Å². The van der Waals surface area contributed by atoms with Gasteiger partial charge in [-0.15, -0.1) is 0 Å². The fourth-order valence-electron chi connectivity index (χ4n) is 4.82. The van der Waals surface area contributed by atoms with E-state index in [1.54, 1.807) is 32.9 Å². The van der Waals surface area contributed by atoms with Crippen LogP contribution in [0.25, 0.3) is 11.4 Å². The number of piperazine rings is 1. The van der Waals surface area contributed by atoms with Gasteiger partial charge in [0.05, 0.1) is 38.3 Å². The lowest BCUT2D eigenvalue weighted by Crippen LogP contribution is -2.45. The van der Waals surface area contributed by atoms with Crippen LogP contribution in [-0.2, 0) is 20.1 Å². The second-order valence-corrected chi connectivity index (χ2v) is 9.23. The molecule has 200 valence electrons. The van der Waals surface area contributed by atoms with Crippen molar-refractivity contribution in [1.82, 2.24) is 19.4 Å². The lowest BCUT2D eigenvalue weighted by atomic mass is 10.1. The molecule has 0 saturated carbocycles. The molecule has 2 heterocycles. The lowest BCUT2D eigenvalue weighted by Gasteiger charge is -2.35. The first-order chi connectivity index (χ1) is 17.7. The average Bonchev–Trinajstić information content (AvgIpc) is 3.18. The number of nitrogens with zero attached hydrogens (tertiary/aromatic N) is 4. The van der Waals surface area contributed by atoms with Crippen LogP contribution in [0.4, 0.5) is 13.2 Å². The summed E-state index contributed by atoms with van der Waals surface area (Å²) in [7, 11) is 6.56. The highest BCUT2D eigenvalue weighted by atomic mass is 19.2. The van der Waals surface area contributed by atoms with Crippen molar-refractivity contribution < 1.29 is 27.4 Å². The van der Waals surface area contributed by atoms with Crippen molar-refractivity contribution in [3.63, 3.8) is 0 Å². The van der Waals surface area contributed by atoms with E-state index in [0.717, 1.165) is 43.5 Å². The van der Waals surface area contributed by atoms with Gasteiger partial charge in [-0.1, -0.05) is 6.07 Å². The molecule has 2 aromatic carbocycles. The van der Waals surface area contributed by atoms with Crippen molar-refractivity contribution in [3.8, 4) is 28.6 Å². The Bertz CT molecular complexity index is 1290. The molecule has 4 rings (SSSR count). The van der Waals surface area contributed by atoms with Gasteiger partial charge < -0.3 is 18.8 Å². The fraction of sp³-hybridized carbons (Fsp3) is 0.444. The molecule has 0 unspecified atom stereocenters. The highest BCUT2D eigenvalue weighted by Gasteiger charge is 2.25. The molecular formula is C27H33F3N4O3.